The third-order valence-electron chi connectivity index (χ3n) is 4.62. The summed E-state index contributed by atoms with van der Waals surface area (Å²) in [5, 5.41) is 19.6. The van der Waals surface area contributed by atoms with Crippen molar-refractivity contribution >= 4 is 47.0 Å². The molecule has 0 bridgehead atoms. The lowest BCUT2D eigenvalue weighted by molar-refractivity contribution is -0.384. The van der Waals surface area contributed by atoms with E-state index < -0.39 is 4.92 Å². The number of non-ortho nitro benzene ring substituents is 1. The van der Waals surface area contributed by atoms with E-state index in [0.717, 1.165) is 57.3 Å². The smallest absolute Gasteiger partial charge is 0.269 e. The van der Waals surface area contributed by atoms with Crippen LogP contribution >= 0.6 is 35.3 Å². The van der Waals surface area contributed by atoms with Gasteiger partial charge in [0, 0.05) is 36.6 Å². The van der Waals surface area contributed by atoms with Gasteiger partial charge in [0.2, 0.25) is 0 Å². The predicted octanol–water partition coefficient (Wildman–Crippen LogP) is 3.23. The van der Waals surface area contributed by atoms with Crippen molar-refractivity contribution in [1.82, 2.24) is 15.5 Å². The van der Waals surface area contributed by atoms with E-state index in [9.17, 15) is 10.1 Å². The summed E-state index contributed by atoms with van der Waals surface area (Å²) in [7, 11) is 0. The van der Waals surface area contributed by atoms with Crippen molar-refractivity contribution in [3.05, 3.63) is 62.3 Å². The minimum absolute atomic E-state index is 0. The fourth-order valence-corrected chi connectivity index (χ4v) is 3.63. The van der Waals surface area contributed by atoms with Crippen LogP contribution in [-0.4, -0.2) is 55.2 Å². The molecule has 1 fully saturated rings. The summed E-state index contributed by atoms with van der Waals surface area (Å²) in [5.74, 6) is 0.749. The number of hydrogen-bond acceptors (Lipinski definition) is 6. The maximum absolute atomic E-state index is 10.8. The number of nitro groups is 1. The van der Waals surface area contributed by atoms with Crippen molar-refractivity contribution in [1.29, 1.82) is 0 Å². The number of hydrogen-bond donors (Lipinski definition) is 2. The SMILES string of the molecule is I.O=[N+]([O-])c1ccc(CN=C(NCCCN2CCOCC2)NCc2cccs2)cc1. The van der Waals surface area contributed by atoms with Crippen molar-refractivity contribution in [2.24, 2.45) is 4.99 Å². The molecule has 0 spiro atoms. The number of aliphatic imine (C=N–C) groups is 1. The highest BCUT2D eigenvalue weighted by molar-refractivity contribution is 14.0. The second-order valence-corrected chi connectivity index (χ2v) is 7.79. The number of guanidine groups is 1. The number of thiophene rings is 1. The summed E-state index contributed by atoms with van der Waals surface area (Å²) in [6, 6.07) is 10.6. The molecule has 10 heteroatoms. The molecule has 0 atom stereocenters. The van der Waals surface area contributed by atoms with Crippen LogP contribution in [0.2, 0.25) is 0 Å². The fraction of sp³-hybridized carbons (Fsp3) is 0.450. The molecule has 164 valence electrons. The summed E-state index contributed by atoms with van der Waals surface area (Å²) >= 11 is 1.70. The lowest BCUT2D eigenvalue weighted by atomic mass is 10.2. The van der Waals surface area contributed by atoms with E-state index in [4.69, 9.17) is 4.74 Å². The summed E-state index contributed by atoms with van der Waals surface area (Å²) in [6.07, 6.45) is 1.03. The molecule has 3 rings (SSSR count). The van der Waals surface area contributed by atoms with Crippen LogP contribution < -0.4 is 10.6 Å². The maximum atomic E-state index is 10.8. The van der Waals surface area contributed by atoms with Gasteiger partial charge in [-0.25, -0.2) is 4.99 Å². The van der Waals surface area contributed by atoms with Gasteiger partial charge in [0.15, 0.2) is 5.96 Å². The lowest BCUT2D eigenvalue weighted by Crippen LogP contribution is -2.40. The predicted molar refractivity (Wildman–Crippen MR) is 131 cm³/mol. The van der Waals surface area contributed by atoms with Crippen LogP contribution in [0.25, 0.3) is 0 Å². The van der Waals surface area contributed by atoms with Crippen molar-refractivity contribution in [2.45, 2.75) is 19.5 Å². The molecule has 1 aromatic heterocycles. The molecule has 0 amide bonds. The first kappa shape index (κ1) is 24.5. The van der Waals surface area contributed by atoms with Gasteiger partial charge in [-0.1, -0.05) is 18.2 Å². The number of nitrogens with one attached hydrogen (secondary N) is 2. The van der Waals surface area contributed by atoms with E-state index >= 15 is 0 Å². The van der Waals surface area contributed by atoms with Gasteiger partial charge in [0.25, 0.3) is 5.69 Å². The molecule has 1 aromatic carbocycles. The van der Waals surface area contributed by atoms with E-state index in [2.05, 4.69) is 32.0 Å². The van der Waals surface area contributed by atoms with Crippen LogP contribution in [0.15, 0.2) is 46.8 Å². The zero-order valence-corrected chi connectivity index (χ0v) is 19.9. The van der Waals surface area contributed by atoms with E-state index in [0.29, 0.717) is 13.1 Å². The zero-order valence-electron chi connectivity index (χ0n) is 16.8. The molecular formula is C20H28IN5O3S. The van der Waals surface area contributed by atoms with Gasteiger partial charge in [-0.15, -0.1) is 35.3 Å². The van der Waals surface area contributed by atoms with E-state index in [1.54, 1.807) is 23.5 Å². The van der Waals surface area contributed by atoms with Crippen molar-refractivity contribution in [2.75, 3.05) is 39.4 Å². The quantitative estimate of drug-likeness (QED) is 0.126. The Hall–Kier alpha value is -1.76. The van der Waals surface area contributed by atoms with Gasteiger partial charge < -0.3 is 15.4 Å². The van der Waals surface area contributed by atoms with Gasteiger partial charge in [0.05, 0.1) is 31.2 Å². The number of nitrogens with zero attached hydrogens (tertiary/aromatic N) is 3. The van der Waals surface area contributed by atoms with Crippen LogP contribution in [0.1, 0.15) is 16.9 Å². The minimum atomic E-state index is -0.392. The molecule has 2 aromatic rings. The Morgan fingerprint density at radius 2 is 1.97 bits per heavy atom. The van der Waals surface area contributed by atoms with Crippen LogP contribution in [-0.2, 0) is 17.8 Å². The third kappa shape index (κ3) is 8.54. The average molecular weight is 545 g/mol. The molecule has 2 N–H and O–H groups in total. The molecule has 0 aliphatic carbocycles. The summed E-state index contributed by atoms with van der Waals surface area (Å²) in [4.78, 5) is 18.7. The third-order valence-corrected chi connectivity index (χ3v) is 5.50. The Labute approximate surface area is 197 Å². The highest BCUT2D eigenvalue weighted by atomic mass is 127. The first-order valence-electron chi connectivity index (χ1n) is 9.79. The fourth-order valence-electron chi connectivity index (χ4n) is 2.99. The number of rotatable bonds is 9. The zero-order chi connectivity index (χ0) is 20.3. The minimum Gasteiger partial charge on any atom is -0.379 e. The molecule has 1 saturated heterocycles. The van der Waals surface area contributed by atoms with E-state index in [1.807, 2.05) is 6.07 Å². The van der Waals surface area contributed by atoms with Gasteiger partial charge in [-0.3, -0.25) is 15.0 Å². The Bertz CT molecular complexity index is 780. The van der Waals surface area contributed by atoms with E-state index in [1.165, 1.54) is 17.0 Å². The molecule has 8 nitrogen and oxygen atoms in total. The van der Waals surface area contributed by atoms with Crippen molar-refractivity contribution < 1.29 is 9.66 Å². The Morgan fingerprint density at radius 3 is 2.63 bits per heavy atom. The molecule has 0 radical (unpaired) electrons. The van der Waals surface area contributed by atoms with Gasteiger partial charge in [-0.2, -0.15) is 0 Å². The summed E-state index contributed by atoms with van der Waals surface area (Å²) in [6.45, 7) is 6.67. The molecule has 30 heavy (non-hydrogen) atoms. The standard InChI is InChI=1S/C20H27N5O3S.HI/c26-25(27)18-6-4-17(5-7-18)15-22-20(23-16-19-3-1-14-29-19)21-8-2-9-24-10-12-28-13-11-24;/h1,3-7,14H,2,8-13,15-16H2,(H2,21,22,23);1H. The largest absolute Gasteiger partial charge is 0.379 e. The second-order valence-electron chi connectivity index (χ2n) is 6.76. The Balaban J connectivity index is 0.00000320. The monoisotopic (exact) mass is 545 g/mol. The highest BCUT2D eigenvalue weighted by Crippen LogP contribution is 2.12. The molecular weight excluding hydrogens is 517 g/mol. The molecule has 2 heterocycles. The van der Waals surface area contributed by atoms with Crippen LogP contribution in [0.4, 0.5) is 5.69 Å². The van der Waals surface area contributed by atoms with Gasteiger partial charge in [0.1, 0.15) is 0 Å². The molecule has 1 aliphatic heterocycles. The highest BCUT2D eigenvalue weighted by Gasteiger charge is 2.09. The average Bonchev–Trinajstić information content (AvgIpc) is 3.27. The first-order valence-corrected chi connectivity index (χ1v) is 10.7. The molecule has 0 saturated carbocycles. The second kappa shape index (κ2) is 13.5. The molecule has 0 unspecified atom stereocenters. The number of ether oxygens (including phenoxy) is 1. The van der Waals surface area contributed by atoms with Crippen LogP contribution in [0.3, 0.4) is 0 Å². The van der Waals surface area contributed by atoms with Crippen molar-refractivity contribution in [3.8, 4) is 0 Å². The lowest BCUT2D eigenvalue weighted by Gasteiger charge is -2.26. The Kier molecular flexibility index (Phi) is 11.0. The normalized spacial score (nSPS) is 14.7. The number of nitro benzene ring substituents is 1. The summed E-state index contributed by atoms with van der Waals surface area (Å²) < 4.78 is 5.38. The van der Waals surface area contributed by atoms with Crippen LogP contribution in [0, 0.1) is 10.1 Å². The Morgan fingerprint density at radius 1 is 1.20 bits per heavy atom. The maximum Gasteiger partial charge on any atom is 0.269 e. The number of halogens is 1. The van der Waals surface area contributed by atoms with Gasteiger partial charge >= 0.3 is 0 Å². The van der Waals surface area contributed by atoms with Crippen molar-refractivity contribution in [3.63, 3.8) is 0 Å². The van der Waals surface area contributed by atoms with Crippen LogP contribution in [0.5, 0.6) is 0 Å². The first-order chi connectivity index (χ1) is 14.2. The van der Waals surface area contributed by atoms with Gasteiger partial charge in [-0.05, 0) is 30.0 Å². The number of morpholine rings is 1. The number of benzene rings is 1. The summed E-state index contributed by atoms with van der Waals surface area (Å²) in [5.41, 5.74) is 1.02. The van der Waals surface area contributed by atoms with E-state index in [-0.39, 0.29) is 29.7 Å². The topological polar surface area (TPSA) is 92.0 Å². The molecule has 1 aliphatic rings.